The van der Waals surface area contributed by atoms with Crippen molar-refractivity contribution in [2.45, 2.75) is 6.54 Å². The predicted octanol–water partition coefficient (Wildman–Crippen LogP) is 3.11. The lowest BCUT2D eigenvalue weighted by atomic mass is 10.5. The molecule has 16 heavy (non-hydrogen) atoms. The van der Waals surface area contributed by atoms with Gasteiger partial charge in [0.1, 0.15) is 0 Å². The molecular formula is C10H17BrIN3S. The van der Waals surface area contributed by atoms with Gasteiger partial charge in [-0.2, -0.15) is 0 Å². The highest BCUT2D eigenvalue weighted by atomic mass is 127. The van der Waals surface area contributed by atoms with Gasteiger partial charge in [0.05, 0.1) is 6.54 Å². The van der Waals surface area contributed by atoms with Crippen LogP contribution in [0.2, 0.25) is 0 Å². The van der Waals surface area contributed by atoms with E-state index in [4.69, 9.17) is 0 Å². The molecule has 1 heterocycles. The molecule has 0 fully saturated rings. The molecule has 0 N–H and O–H groups in total. The summed E-state index contributed by atoms with van der Waals surface area (Å²) in [7, 11) is 8.01. The molecule has 0 aliphatic carbocycles. The van der Waals surface area contributed by atoms with Crippen LogP contribution in [0, 0.1) is 0 Å². The van der Waals surface area contributed by atoms with Gasteiger partial charge in [0.2, 0.25) is 0 Å². The Hall–Kier alpha value is 0.180. The molecule has 0 aliphatic rings. The molecule has 0 saturated heterocycles. The fraction of sp³-hybridized carbons (Fsp3) is 0.500. The molecular weight excluding hydrogens is 401 g/mol. The summed E-state index contributed by atoms with van der Waals surface area (Å²) in [6, 6.07) is 2.11. The summed E-state index contributed by atoms with van der Waals surface area (Å²) in [5.74, 6) is 0.986. The molecule has 6 heteroatoms. The third-order valence-corrected chi connectivity index (χ3v) is 3.48. The van der Waals surface area contributed by atoms with Crippen LogP contribution in [-0.4, -0.2) is 44.0 Å². The normalized spacial score (nSPS) is 9.31. The first-order valence-electron chi connectivity index (χ1n) is 4.62. The predicted molar refractivity (Wildman–Crippen MR) is 85.9 cm³/mol. The average Bonchev–Trinajstić information content (AvgIpc) is 2.50. The molecule has 1 rings (SSSR count). The van der Waals surface area contributed by atoms with Crippen molar-refractivity contribution in [2.24, 2.45) is 4.99 Å². The summed E-state index contributed by atoms with van der Waals surface area (Å²) in [5.41, 5.74) is 0. The molecule has 0 saturated carbocycles. The van der Waals surface area contributed by atoms with Gasteiger partial charge in [0, 0.05) is 42.9 Å². The molecule has 92 valence electrons. The van der Waals surface area contributed by atoms with Gasteiger partial charge >= 0.3 is 0 Å². The summed E-state index contributed by atoms with van der Waals surface area (Å²) >= 11 is 5.16. The number of guanidine groups is 1. The zero-order valence-electron chi connectivity index (χ0n) is 9.90. The summed E-state index contributed by atoms with van der Waals surface area (Å²) < 4.78 is 1.13. The number of nitrogens with zero attached hydrogens (tertiary/aromatic N) is 3. The van der Waals surface area contributed by atoms with E-state index in [1.165, 1.54) is 4.88 Å². The maximum atomic E-state index is 4.56. The van der Waals surface area contributed by atoms with Gasteiger partial charge in [-0.25, -0.2) is 4.99 Å². The highest BCUT2D eigenvalue weighted by Crippen LogP contribution is 2.20. The van der Waals surface area contributed by atoms with Gasteiger partial charge in [-0.3, -0.25) is 0 Å². The molecule has 1 aromatic heterocycles. The van der Waals surface area contributed by atoms with E-state index in [1.807, 2.05) is 38.0 Å². The van der Waals surface area contributed by atoms with E-state index in [0.717, 1.165) is 17.0 Å². The van der Waals surface area contributed by atoms with Gasteiger partial charge in [-0.05, 0) is 22.0 Å². The Morgan fingerprint density at radius 3 is 2.25 bits per heavy atom. The molecule has 0 radical (unpaired) electrons. The monoisotopic (exact) mass is 417 g/mol. The number of aliphatic imine (C=N–C) groups is 1. The topological polar surface area (TPSA) is 18.8 Å². The maximum Gasteiger partial charge on any atom is 0.195 e. The fourth-order valence-corrected chi connectivity index (χ4v) is 2.64. The Kier molecular flexibility index (Phi) is 7.58. The molecule has 0 spiro atoms. The van der Waals surface area contributed by atoms with Crippen LogP contribution < -0.4 is 0 Å². The minimum Gasteiger partial charge on any atom is -0.349 e. The Balaban J connectivity index is 0.00000225. The molecule has 0 amide bonds. The SMILES string of the molecule is CN(C)C(=NCc1cc(Br)cs1)N(C)C.I. The number of hydrogen-bond acceptors (Lipinski definition) is 2. The second-order valence-corrected chi connectivity index (χ2v) is 5.55. The first kappa shape index (κ1) is 16.2. The van der Waals surface area contributed by atoms with Gasteiger partial charge in [-0.15, -0.1) is 35.3 Å². The third-order valence-electron chi connectivity index (χ3n) is 1.80. The van der Waals surface area contributed by atoms with Crippen molar-refractivity contribution < 1.29 is 0 Å². The van der Waals surface area contributed by atoms with Crippen LogP contribution in [0.1, 0.15) is 4.88 Å². The van der Waals surface area contributed by atoms with E-state index >= 15 is 0 Å². The Bertz CT molecular complexity index is 340. The summed E-state index contributed by atoms with van der Waals surface area (Å²) in [5, 5.41) is 2.08. The van der Waals surface area contributed by atoms with Crippen molar-refractivity contribution in [2.75, 3.05) is 28.2 Å². The van der Waals surface area contributed by atoms with Gasteiger partial charge in [0.15, 0.2) is 5.96 Å². The maximum absolute atomic E-state index is 4.56. The van der Waals surface area contributed by atoms with Crippen LogP contribution in [0.3, 0.4) is 0 Å². The summed E-state index contributed by atoms with van der Waals surface area (Å²) in [6.07, 6.45) is 0. The zero-order valence-corrected chi connectivity index (χ0v) is 14.6. The number of rotatable bonds is 2. The van der Waals surface area contributed by atoms with Gasteiger partial charge in [-0.1, -0.05) is 0 Å². The minimum atomic E-state index is 0. The van der Waals surface area contributed by atoms with Gasteiger partial charge < -0.3 is 9.80 Å². The van der Waals surface area contributed by atoms with Crippen molar-refractivity contribution >= 4 is 57.2 Å². The molecule has 0 aromatic carbocycles. The smallest absolute Gasteiger partial charge is 0.195 e. The van der Waals surface area contributed by atoms with Gasteiger partial charge in [0.25, 0.3) is 0 Å². The number of thiophene rings is 1. The van der Waals surface area contributed by atoms with Crippen molar-refractivity contribution in [3.05, 3.63) is 20.8 Å². The largest absolute Gasteiger partial charge is 0.349 e. The van der Waals surface area contributed by atoms with E-state index in [0.29, 0.717) is 0 Å². The quantitative estimate of drug-likeness (QED) is 0.418. The standard InChI is InChI=1S/C10H16BrN3S.HI/c1-13(2)10(14(3)4)12-6-9-5-8(11)7-15-9;/h5,7H,6H2,1-4H3;1H. The molecule has 1 aromatic rings. The third kappa shape index (κ3) is 5.01. The Labute approximate surface area is 127 Å². The van der Waals surface area contributed by atoms with E-state index in [-0.39, 0.29) is 24.0 Å². The first-order chi connectivity index (χ1) is 7.00. The molecule has 0 bridgehead atoms. The zero-order chi connectivity index (χ0) is 11.4. The van der Waals surface area contributed by atoms with E-state index in [9.17, 15) is 0 Å². The Morgan fingerprint density at radius 2 is 1.88 bits per heavy atom. The van der Waals surface area contributed by atoms with Crippen LogP contribution in [0.4, 0.5) is 0 Å². The van der Waals surface area contributed by atoms with E-state index in [1.54, 1.807) is 11.3 Å². The number of hydrogen-bond donors (Lipinski definition) is 0. The van der Waals surface area contributed by atoms with Crippen molar-refractivity contribution in [3.63, 3.8) is 0 Å². The fourth-order valence-electron chi connectivity index (χ4n) is 1.27. The van der Waals surface area contributed by atoms with Crippen LogP contribution in [0.25, 0.3) is 0 Å². The highest BCUT2D eigenvalue weighted by Gasteiger charge is 2.04. The van der Waals surface area contributed by atoms with Crippen molar-refractivity contribution in [1.29, 1.82) is 0 Å². The highest BCUT2D eigenvalue weighted by molar-refractivity contribution is 14.0. The average molecular weight is 418 g/mol. The van der Waals surface area contributed by atoms with Crippen molar-refractivity contribution in [3.8, 4) is 0 Å². The van der Waals surface area contributed by atoms with Crippen LogP contribution >= 0.6 is 51.2 Å². The molecule has 0 aliphatic heterocycles. The molecule has 0 unspecified atom stereocenters. The van der Waals surface area contributed by atoms with Crippen LogP contribution in [0.15, 0.2) is 20.9 Å². The van der Waals surface area contributed by atoms with E-state index < -0.39 is 0 Å². The second-order valence-electron chi connectivity index (χ2n) is 3.64. The molecule has 0 atom stereocenters. The lowest BCUT2D eigenvalue weighted by Gasteiger charge is -2.22. The Morgan fingerprint density at radius 1 is 1.31 bits per heavy atom. The number of halogens is 2. The van der Waals surface area contributed by atoms with Crippen LogP contribution in [0.5, 0.6) is 0 Å². The lowest BCUT2D eigenvalue weighted by Crippen LogP contribution is -2.35. The molecule has 3 nitrogen and oxygen atoms in total. The van der Waals surface area contributed by atoms with Crippen molar-refractivity contribution in [1.82, 2.24) is 9.80 Å². The summed E-state index contributed by atoms with van der Waals surface area (Å²) in [6.45, 7) is 0.738. The lowest BCUT2D eigenvalue weighted by molar-refractivity contribution is 0.479. The summed E-state index contributed by atoms with van der Waals surface area (Å²) in [4.78, 5) is 9.86. The minimum absolute atomic E-state index is 0. The van der Waals surface area contributed by atoms with E-state index in [2.05, 4.69) is 32.4 Å². The second kappa shape index (κ2) is 7.50. The first-order valence-corrected chi connectivity index (χ1v) is 6.30. The van der Waals surface area contributed by atoms with Crippen LogP contribution in [-0.2, 0) is 6.54 Å².